The van der Waals surface area contributed by atoms with E-state index in [0.717, 1.165) is 28.7 Å². The van der Waals surface area contributed by atoms with Crippen LogP contribution in [0.2, 0.25) is 0 Å². The van der Waals surface area contributed by atoms with Crippen LogP contribution < -0.4 is 4.74 Å². The first-order chi connectivity index (χ1) is 15.6. The van der Waals surface area contributed by atoms with Gasteiger partial charge >= 0.3 is 0 Å². The summed E-state index contributed by atoms with van der Waals surface area (Å²) < 4.78 is 66.8. The molecule has 2 bridgehead atoms. The van der Waals surface area contributed by atoms with E-state index in [0.29, 0.717) is 18.4 Å². The number of aliphatic hydroxyl groups is 1. The van der Waals surface area contributed by atoms with Crippen LogP contribution >= 0.6 is 0 Å². The summed E-state index contributed by atoms with van der Waals surface area (Å²) in [6, 6.07) is 9.56. The quantitative estimate of drug-likeness (QED) is 0.513. The van der Waals surface area contributed by atoms with Crippen molar-refractivity contribution in [3.05, 3.63) is 71.6 Å². The molecule has 0 saturated heterocycles. The van der Waals surface area contributed by atoms with E-state index in [1.54, 1.807) is 0 Å². The molecule has 1 aromatic heterocycles. The number of ether oxygens (including phenoxy) is 1. The van der Waals surface area contributed by atoms with Gasteiger partial charge in [-0.15, -0.1) is 5.10 Å². The number of tetrazole rings is 1. The molecular formula is C23H22F4N4O2. The highest BCUT2D eigenvalue weighted by molar-refractivity contribution is 5.44. The van der Waals surface area contributed by atoms with Gasteiger partial charge in [-0.05, 0) is 71.9 Å². The van der Waals surface area contributed by atoms with Crippen molar-refractivity contribution in [2.75, 3.05) is 6.61 Å². The molecule has 3 saturated carbocycles. The van der Waals surface area contributed by atoms with Crippen molar-refractivity contribution < 1.29 is 27.4 Å². The molecule has 174 valence electrons. The Hall–Kier alpha value is -3.01. The average molecular weight is 462 g/mol. The lowest BCUT2D eigenvalue weighted by Crippen LogP contribution is -2.76. The van der Waals surface area contributed by atoms with Gasteiger partial charge in [-0.1, -0.05) is 12.1 Å². The summed E-state index contributed by atoms with van der Waals surface area (Å²) in [5.74, 6) is -5.21. The minimum absolute atomic E-state index is 0.141. The van der Waals surface area contributed by atoms with E-state index in [-0.39, 0.29) is 19.3 Å². The Morgan fingerprint density at radius 3 is 2.36 bits per heavy atom. The summed E-state index contributed by atoms with van der Waals surface area (Å²) in [6.45, 7) is 1.62. The average Bonchev–Trinajstić information content (AvgIpc) is 3.20. The van der Waals surface area contributed by atoms with Crippen LogP contribution in [-0.2, 0) is 17.6 Å². The van der Waals surface area contributed by atoms with Crippen molar-refractivity contribution in [3.63, 3.8) is 0 Å². The Morgan fingerprint density at radius 1 is 1.09 bits per heavy atom. The maximum absolute atomic E-state index is 16.1. The Labute approximate surface area is 187 Å². The number of aromatic nitrogens is 4. The molecule has 0 spiro atoms. The molecule has 33 heavy (non-hydrogen) atoms. The molecular weight excluding hydrogens is 440 g/mol. The molecule has 3 aliphatic carbocycles. The third-order valence-corrected chi connectivity index (χ3v) is 7.15. The normalized spacial score (nSPS) is 25.6. The number of alkyl halides is 2. The van der Waals surface area contributed by atoms with Crippen LogP contribution in [-0.4, -0.2) is 37.8 Å². The van der Waals surface area contributed by atoms with Crippen LogP contribution in [0.5, 0.6) is 5.75 Å². The number of nitrogens with zero attached hydrogens (tertiary/aromatic N) is 4. The molecule has 0 amide bonds. The molecule has 1 atom stereocenters. The van der Waals surface area contributed by atoms with Gasteiger partial charge in [-0.25, -0.2) is 22.2 Å². The van der Waals surface area contributed by atoms with Crippen LogP contribution in [0.15, 0.2) is 48.8 Å². The molecule has 1 heterocycles. The first-order valence-electron chi connectivity index (χ1n) is 10.6. The molecule has 2 aromatic carbocycles. The number of rotatable bonds is 8. The molecule has 3 aliphatic rings. The molecule has 0 radical (unpaired) electrons. The minimum atomic E-state index is -3.74. The second-order valence-electron chi connectivity index (χ2n) is 9.11. The fourth-order valence-corrected chi connectivity index (χ4v) is 5.60. The lowest BCUT2D eigenvalue weighted by atomic mass is 9.30. The van der Waals surface area contributed by atoms with Crippen LogP contribution in [0.3, 0.4) is 0 Å². The van der Waals surface area contributed by atoms with Gasteiger partial charge in [0.15, 0.2) is 5.60 Å². The standard InChI is InChI=1S/C23H22F4N4O2/c1-2-33-17-6-3-15(4-7-17)20-10-21(11-20,12-20)23(26,27)22(32,13-31-14-28-29-30-31)18-8-5-16(24)9-19(18)25/h3-9,14,32H,2,10-13H2,1H3/t20?,21?,22-/m1/s1. The van der Waals surface area contributed by atoms with Gasteiger partial charge < -0.3 is 9.84 Å². The number of halogens is 4. The Kier molecular flexibility index (Phi) is 4.79. The first kappa shape index (κ1) is 21.8. The summed E-state index contributed by atoms with van der Waals surface area (Å²) in [5, 5.41) is 21.8. The second kappa shape index (κ2) is 7.24. The molecule has 10 heteroatoms. The lowest BCUT2D eigenvalue weighted by Gasteiger charge is -2.74. The summed E-state index contributed by atoms with van der Waals surface area (Å²) in [4.78, 5) is 0. The summed E-state index contributed by atoms with van der Waals surface area (Å²) in [6.07, 6.45) is 1.48. The van der Waals surface area contributed by atoms with E-state index < -0.39 is 46.1 Å². The summed E-state index contributed by atoms with van der Waals surface area (Å²) >= 11 is 0. The van der Waals surface area contributed by atoms with Gasteiger partial charge in [0.05, 0.1) is 13.2 Å². The monoisotopic (exact) mass is 462 g/mol. The summed E-state index contributed by atoms with van der Waals surface area (Å²) in [5.41, 5.74) is -4.67. The van der Waals surface area contributed by atoms with Crippen LogP contribution in [0.1, 0.15) is 37.3 Å². The summed E-state index contributed by atoms with van der Waals surface area (Å²) in [7, 11) is 0. The van der Waals surface area contributed by atoms with E-state index >= 15 is 8.78 Å². The molecule has 0 unspecified atom stereocenters. The van der Waals surface area contributed by atoms with Crippen molar-refractivity contribution in [1.29, 1.82) is 0 Å². The smallest absolute Gasteiger partial charge is 0.287 e. The number of hydrogen-bond acceptors (Lipinski definition) is 5. The predicted molar refractivity (Wildman–Crippen MR) is 109 cm³/mol. The van der Waals surface area contributed by atoms with E-state index in [9.17, 15) is 13.9 Å². The van der Waals surface area contributed by atoms with Crippen molar-refractivity contribution >= 4 is 0 Å². The molecule has 0 aliphatic heterocycles. The topological polar surface area (TPSA) is 73.1 Å². The third kappa shape index (κ3) is 3.07. The zero-order valence-corrected chi connectivity index (χ0v) is 17.8. The second-order valence-corrected chi connectivity index (χ2v) is 9.11. The molecule has 3 fully saturated rings. The highest BCUT2D eigenvalue weighted by Crippen LogP contribution is 2.80. The van der Waals surface area contributed by atoms with Crippen molar-refractivity contribution in [3.8, 4) is 5.75 Å². The highest BCUT2D eigenvalue weighted by Gasteiger charge is 2.82. The fraction of sp³-hybridized carbons (Fsp3) is 0.435. The van der Waals surface area contributed by atoms with Crippen LogP contribution in [0, 0.1) is 17.0 Å². The zero-order valence-electron chi connectivity index (χ0n) is 17.8. The number of hydrogen-bond donors (Lipinski definition) is 1. The molecule has 6 rings (SSSR count). The van der Waals surface area contributed by atoms with Gasteiger partial charge in [-0.2, -0.15) is 0 Å². The fourth-order valence-electron chi connectivity index (χ4n) is 5.60. The van der Waals surface area contributed by atoms with Crippen LogP contribution in [0.4, 0.5) is 17.6 Å². The SMILES string of the molecule is CCOc1ccc(C23CC(C(F)(F)[C@@](O)(Cn4cnnn4)c4ccc(F)cc4F)(C2)C3)cc1. The Bertz CT molecular complexity index is 1150. The van der Waals surface area contributed by atoms with Crippen molar-refractivity contribution in [2.45, 2.75) is 49.7 Å². The van der Waals surface area contributed by atoms with Crippen molar-refractivity contribution in [1.82, 2.24) is 20.2 Å². The molecule has 1 N–H and O–H groups in total. The van der Waals surface area contributed by atoms with Gasteiger partial charge in [0.2, 0.25) is 0 Å². The largest absolute Gasteiger partial charge is 0.494 e. The van der Waals surface area contributed by atoms with Gasteiger partial charge in [0.25, 0.3) is 5.92 Å². The zero-order chi connectivity index (χ0) is 23.5. The van der Waals surface area contributed by atoms with Crippen molar-refractivity contribution in [2.24, 2.45) is 5.41 Å². The predicted octanol–water partition coefficient (Wildman–Crippen LogP) is 4.00. The molecule has 6 nitrogen and oxygen atoms in total. The third-order valence-electron chi connectivity index (χ3n) is 7.15. The number of benzene rings is 2. The van der Waals surface area contributed by atoms with E-state index in [1.807, 2.05) is 31.2 Å². The Morgan fingerprint density at radius 2 is 1.79 bits per heavy atom. The Balaban J connectivity index is 1.46. The van der Waals surface area contributed by atoms with Gasteiger partial charge in [0.1, 0.15) is 23.7 Å². The highest BCUT2D eigenvalue weighted by atomic mass is 19.3. The minimum Gasteiger partial charge on any atom is -0.494 e. The van der Waals surface area contributed by atoms with E-state index in [4.69, 9.17) is 4.74 Å². The van der Waals surface area contributed by atoms with E-state index in [1.165, 1.54) is 0 Å². The molecule has 3 aromatic rings. The van der Waals surface area contributed by atoms with E-state index in [2.05, 4.69) is 15.5 Å². The first-order valence-corrected chi connectivity index (χ1v) is 10.6. The van der Waals surface area contributed by atoms with Gasteiger partial charge in [0, 0.05) is 17.0 Å². The van der Waals surface area contributed by atoms with Gasteiger partial charge in [-0.3, -0.25) is 0 Å². The lowest BCUT2D eigenvalue weighted by molar-refractivity contribution is -0.347. The maximum atomic E-state index is 16.1. The van der Waals surface area contributed by atoms with Crippen LogP contribution in [0.25, 0.3) is 0 Å². The maximum Gasteiger partial charge on any atom is 0.287 e.